The van der Waals surface area contributed by atoms with Crippen LogP contribution in [0.2, 0.25) is 0 Å². The molecule has 0 radical (unpaired) electrons. The topological polar surface area (TPSA) is 49.3 Å². The summed E-state index contributed by atoms with van der Waals surface area (Å²) >= 11 is 0. The van der Waals surface area contributed by atoms with Crippen molar-refractivity contribution in [1.29, 1.82) is 0 Å². The minimum Gasteiger partial charge on any atom is -0.507 e. The number of hydrogen-bond acceptors (Lipinski definition) is 2. The van der Waals surface area contributed by atoms with Crippen molar-refractivity contribution in [2.24, 2.45) is 0 Å². The number of aromatic hydroxyl groups is 1. The number of carbonyl (C=O) groups is 1. The standard InChI is InChI=1S/C17H19NO2/c1-13-9-10-16(19)15(12-13)17(20)18-11-5-8-14-6-3-2-4-7-14/h2-4,6-7,9-10,12,19H,5,8,11H2,1H3,(H,18,20). The van der Waals surface area contributed by atoms with E-state index in [4.69, 9.17) is 0 Å². The number of amides is 1. The molecule has 0 atom stereocenters. The van der Waals surface area contributed by atoms with Gasteiger partial charge in [-0.15, -0.1) is 0 Å². The third-order valence-corrected chi connectivity index (χ3v) is 3.17. The first-order chi connectivity index (χ1) is 9.66. The summed E-state index contributed by atoms with van der Waals surface area (Å²) in [7, 11) is 0. The third kappa shape index (κ3) is 3.85. The second-order valence-corrected chi connectivity index (χ2v) is 4.87. The van der Waals surface area contributed by atoms with E-state index in [1.165, 1.54) is 5.56 Å². The van der Waals surface area contributed by atoms with Gasteiger partial charge in [-0.3, -0.25) is 4.79 Å². The Kier molecular flexibility index (Phi) is 4.77. The van der Waals surface area contributed by atoms with Crippen LogP contribution in [0.15, 0.2) is 48.5 Å². The number of hydrogen-bond donors (Lipinski definition) is 2. The van der Waals surface area contributed by atoms with Crippen LogP contribution in [0.5, 0.6) is 5.75 Å². The number of carbonyl (C=O) groups excluding carboxylic acids is 1. The highest BCUT2D eigenvalue weighted by atomic mass is 16.3. The van der Waals surface area contributed by atoms with Gasteiger partial charge in [0.15, 0.2) is 0 Å². The van der Waals surface area contributed by atoms with Crippen molar-refractivity contribution >= 4 is 5.91 Å². The smallest absolute Gasteiger partial charge is 0.255 e. The average molecular weight is 269 g/mol. The van der Waals surface area contributed by atoms with Crippen molar-refractivity contribution in [3.8, 4) is 5.75 Å². The van der Waals surface area contributed by atoms with E-state index in [9.17, 15) is 9.90 Å². The van der Waals surface area contributed by atoms with E-state index in [1.54, 1.807) is 18.2 Å². The quantitative estimate of drug-likeness (QED) is 0.820. The maximum Gasteiger partial charge on any atom is 0.255 e. The molecule has 0 saturated carbocycles. The second kappa shape index (κ2) is 6.75. The number of nitrogens with one attached hydrogen (secondary N) is 1. The highest BCUT2D eigenvalue weighted by Crippen LogP contribution is 2.17. The molecule has 0 saturated heterocycles. The van der Waals surface area contributed by atoms with E-state index in [1.807, 2.05) is 25.1 Å². The summed E-state index contributed by atoms with van der Waals surface area (Å²) in [6, 6.07) is 15.2. The zero-order valence-corrected chi connectivity index (χ0v) is 11.6. The van der Waals surface area contributed by atoms with Crippen LogP contribution in [0.1, 0.15) is 27.9 Å². The molecule has 1 amide bonds. The number of benzene rings is 2. The van der Waals surface area contributed by atoms with Crippen LogP contribution < -0.4 is 5.32 Å². The maximum atomic E-state index is 12.0. The molecule has 3 heteroatoms. The Morgan fingerprint density at radius 1 is 1.15 bits per heavy atom. The van der Waals surface area contributed by atoms with Crippen molar-refractivity contribution in [2.75, 3.05) is 6.54 Å². The van der Waals surface area contributed by atoms with Crippen LogP contribution in [0.25, 0.3) is 0 Å². The normalized spacial score (nSPS) is 10.2. The monoisotopic (exact) mass is 269 g/mol. The predicted molar refractivity (Wildman–Crippen MR) is 79.9 cm³/mol. The zero-order chi connectivity index (χ0) is 14.4. The minimum absolute atomic E-state index is 0.0242. The van der Waals surface area contributed by atoms with Gasteiger partial charge in [0.2, 0.25) is 0 Å². The predicted octanol–water partition coefficient (Wildman–Crippen LogP) is 3.06. The Morgan fingerprint density at radius 3 is 2.65 bits per heavy atom. The highest BCUT2D eigenvalue weighted by Gasteiger charge is 2.10. The minimum atomic E-state index is -0.223. The van der Waals surface area contributed by atoms with E-state index in [0.29, 0.717) is 12.1 Å². The molecule has 2 N–H and O–H groups in total. The van der Waals surface area contributed by atoms with Crippen LogP contribution >= 0.6 is 0 Å². The van der Waals surface area contributed by atoms with E-state index in [0.717, 1.165) is 18.4 Å². The molecule has 0 aromatic heterocycles. The first kappa shape index (κ1) is 14.1. The molecule has 0 unspecified atom stereocenters. The Bertz CT molecular complexity index is 579. The van der Waals surface area contributed by atoms with Gasteiger partial charge in [-0.25, -0.2) is 0 Å². The molecule has 0 aliphatic rings. The summed E-state index contributed by atoms with van der Waals surface area (Å²) in [6.45, 7) is 2.49. The lowest BCUT2D eigenvalue weighted by atomic mass is 10.1. The summed E-state index contributed by atoms with van der Waals surface area (Å²) in [5.41, 5.74) is 2.56. The lowest BCUT2D eigenvalue weighted by Gasteiger charge is -2.07. The summed E-state index contributed by atoms with van der Waals surface area (Å²) < 4.78 is 0. The van der Waals surface area contributed by atoms with Crippen molar-refractivity contribution in [3.63, 3.8) is 0 Å². The highest BCUT2D eigenvalue weighted by molar-refractivity contribution is 5.96. The Balaban J connectivity index is 1.82. The number of phenolic OH excluding ortho intramolecular Hbond substituents is 1. The molecule has 3 nitrogen and oxygen atoms in total. The van der Waals surface area contributed by atoms with Crippen LogP contribution in [0.4, 0.5) is 0 Å². The van der Waals surface area contributed by atoms with Crippen molar-refractivity contribution < 1.29 is 9.90 Å². The molecule has 104 valence electrons. The number of phenols is 1. The van der Waals surface area contributed by atoms with Gasteiger partial charge in [0.1, 0.15) is 5.75 Å². The number of aryl methyl sites for hydroxylation is 2. The van der Waals surface area contributed by atoms with Crippen LogP contribution in [-0.4, -0.2) is 17.6 Å². The molecule has 2 aromatic rings. The van der Waals surface area contributed by atoms with Gasteiger partial charge >= 0.3 is 0 Å². The van der Waals surface area contributed by atoms with Crippen LogP contribution in [-0.2, 0) is 6.42 Å². The first-order valence-corrected chi connectivity index (χ1v) is 6.78. The maximum absolute atomic E-state index is 12.0. The summed E-state index contributed by atoms with van der Waals surface area (Å²) in [4.78, 5) is 12.0. The van der Waals surface area contributed by atoms with Gasteiger partial charge in [0, 0.05) is 6.54 Å². The Morgan fingerprint density at radius 2 is 1.90 bits per heavy atom. The summed E-state index contributed by atoms with van der Waals surface area (Å²) in [5, 5.41) is 12.5. The Labute approximate surface area is 119 Å². The zero-order valence-electron chi connectivity index (χ0n) is 11.6. The van der Waals surface area contributed by atoms with E-state index in [-0.39, 0.29) is 11.7 Å². The SMILES string of the molecule is Cc1ccc(O)c(C(=O)NCCCc2ccccc2)c1. The molecule has 2 rings (SSSR count). The van der Waals surface area contributed by atoms with Gasteiger partial charge in [0.05, 0.1) is 5.56 Å². The molecule has 0 bridgehead atoms. The largest absolute Gasteiger partial charge is 0.507 e. The molecule has 2 aromatic carbocycles. The molecule has 0 spiro atoms. The third-order valence-electron chi connectivity index (χ3n) is 3.17. The molecule has 0 aliphatic carbocycles. The van der Waals surface area contributed by atoms with E-state index in [2.05, 4.69) is 17.4 Å². The van der Waals surface area contributed by atoms with Gasteiger partial charge in [-0.2, -0.15) is 0 Å². The fourth-order valence-electron chi connectivity index (χ4n) is 2.07. The lowest BCUT2D eigenvalue weighted by molar-refractivity contribution is 0.0950. The molecular weight excluding hydrogens is 250 g/mol. The van der Waals surface area contributed by atoms with Crippen molar-refractivity contribution in [2.45, 2.75) is 19.8 Å². The fraction of sp³-hybridized carbons (Fsp3) is 0.235. The second-order valence-electron chi connectivity index (χ2n) is 4.87. The fourth-order valence-corrected chi connectivity index (χ4v) is 2.07. The van der Waals surface area contributed by atoms with E-state index < -0.39 is 0 Å². The Hall–Kier alpha value is -2.29. The van der Waals surface area contributed by atoms with Gasteiger partial charge < -0.3 is 10.4 Å². The van der Waals surface area contributed by atoms with Crippen molar-refractivity contribution in [1.82, 2.24) is 5.32 Å². The lowest BCUT2D eigenvalue weighted by Crippen LogP contribution is -2.24. The molecule has 20 heavy (non-hydrogen) atoms. The molecule has 0 aliphatic heterocycles. The van der Waals surface area contributed by atoms with Crippen LogP contribution in [0.3, 0.4) is 0 Å². The van der Waals surface area contributed by atoms with E-state index >= 15 is 0 Å². The molecular formula is C17H19NO2. The molecule has 0 heterocycles. The number of rotatable bonds is 5. The van der Waals surface area contributed by atoms with Crippen molar-refractivity contribution in [3.05, 3.63) is 65.2 Å². The first-order valence-electron chi connectivity index (χ1n) is 6.78. The van der Waals surface area contributed by atoms with Gasteiger partial charge in [0.25, 0.3) is 5.91 Å². The molecule has 0 fully saturated rings. The van der Waals surface area contributed by atoms with Gasteiger partial charge in [-0.1, -0.05) is 42.0 Å². The summed E-state index contributed by atoms with van der Waals surface area (Å²) in [6.07, 6.45) is 1.81. The summed E-state index contributed by atoms with van der Waals surface area (Å²) in [5.74, 6) is -0.199. The van der Waals surface area contributed by atoms with Gasteiger partial charge in [-0.05, 0) is 37.5 Å². The van der Waals surface area contributed by atoms with Crippen LogP contribution in [0, 0.1) is 6.92 Å². The average Bonchev–Trinajstić information content (AvgIpc) is 2.47.